The van der Waals surface area contributed by atoms with E-state index in [1.165, 1.54) is 11.8 Å². The zero-order valence-electron chi connectivity index (χ0n) is 23.3. The van der Waals surface area contributed by atoms with Crippen LogP contribution in [0, 0.1) is 0 Å². The SMILES string of the molecule is CCOc1ccccc1/C=C(/NC(=O)c1ccccc1)C(=O)Nc1cccc(SCC(=O)Nc2ccc(OC)cc2)c1. The van der Waals surface area contributed by atoms with Crippen LogP contribution in [-0.2, 0) is 9.59 Å². The van der Waals surface area contributed by atoms with E-state index in [1.807, 2.05) is 31.2 Å². The highest BCUT2D eigenvalue weighted by Gasteiger charge is 2.16. The van der Waals surface area contributed by atoms with E-state index in [0.717, 1.165) is 4.90 Å². The highest BCUT2D eigenvalue weighted by molar-refractivity contribution is 8.00. The Hall–Kier alpha value is -5.02. The average Bonchev–Trinajstić information content (AvgIpc) is 3.01. The average molecular weight is 582 g/mol. The number of hydrogen-bond acceptors (Lipinski definition) is 6. The molecule has 0 bridgehead atoms. The molecule has 4 rings (SSSR count). The van der Waals surface area contributed by atoms with Crippen LogP contribution in [-0.4, -0.2) is 37.2 Å². The maximum absolute atomic E-state index is 13.5. The minimum absolute atomic E-state index is 0.0490. The van der Waals surface area contributed by atoms with Crippen LogP contribution in [0.1, 0.15) is 22.8 Å². The van der Waals surface area contributed by atoms with Crippen molar-refractivity contribution in [1.29, 1.82) is 0 Å². The van der Waals surface area contributed by atoms with E-state index in [2.05, 4.69) is 16.0 Å². The van der Waals surface area contributed by atoms with Gasteiger partial charge in [0.2, 0.25) is 5.91 Å². The predicted octanol–water partition coefficient (Wildman–Crippen LogP) is 6.23. The smallest absolute Gasteiger partial charge is 0.272 e. The number of ether oxygens (including phenoxy) is 2. The Morgan fingerprint density at radius 2 is 1.55 bits per heavy atom. The fourth-order valence-corrected chi connectivity index (χ4v) is 4.62. The third-order valence-electron chi connectivity index (χ3n) is 5.88. The zero-order chi connectivity index (χ0) is 29.7. The van der Waals surface area contributed by atoms with Crippen LogP contribution in [0.25, 0.3) is 6.08 Å². The van der Waals surface area contributed by atoms with Gasteiger partial charge in [-0.2, -0.15) is 0 Å². The van der Waals surface area contributed by atoms with Crippen LogP contribution >= 0.6 is 11.8 Å². The molecular weight excluding hydrogens is 550 g/mol. The Morgan fingerprint density at radius 1 is 0.810 bits per heavy atom. The maximum atomic E-state index is 13.5. The number of nitrogens with one attached hydrogen (secondary N) is 3. The minimum atomic E-state index is -0.509. The number of carbonyl (C=O) groups is 3. The molecule has 0 saturated carbocycles. The Bertz CT molecular complexity index is 1560. The van der Waals surface area contributed by atoms with Crippen molar-refractivity contribution >= 4 is 46.9 Å². The molecule has 0 heterocycles. The molecule has 0 aromatic heterocycles. The number of rotatable bonds is 12. The summed E-state index contributed by atoms with van der Waals surface area (Å²) in [5.74, 6) is 0.378. The topological polar surface area (TPSA) is 106 Å². The normalized spacial score (nSPS) is 10.9. The maximum Gasteiger partial charge on any atom is 0.272 e. The van der Waals surface area contributed by atoms with Gasteiger partial charge in [-0.1, -0.05) is 42.5 Å². The van der Waals surface area contributed by atoms with Gasteiger partial charge in [-0.05, 0) is 73.7 Å². The summed E-state index contributed by atoms with van der Waals surface area (Å²) in [5, 5.41) is 8.46. The van der Waals surface area contributed by atoms with E-state index < -0.39 is 11.8 Å². The van der Waals surface area contributed by atoms with Crippen molar-refractivity contribution in [3.63, 3.8) is 0 Å². The first-order valence-corrected chi connectivity index (χ1v) is 14.2. The lowest BCUT2D eigenvalue weighted by Gasteiger charge is -2.13. The van der Waals surface area contributed by atoms with Crippen LogP contribution < -0.4 is 25.4 Å². The molecule has 0 fully saturated rings. The Kier molecular flexibility index (Phi) is 10.8. The third-order valence-corrected chi connectivity index (χ3v) is 6.88. The molecule has 9 heteroatoms. The molecule has 0 aliphatic carbocycles. The molecule has 3 N–H and O–H groups in total. The van der Waals surface area contributed by atoms with E-state index in [-0.39, 0.29) is 17.4 Å². The number of anilines is 2. The van der Waals surface area contributed by atoms with Crippen LogP contribution in [0.2, 0.25) is 0 Å². The summed E-state index contributed by atoms with van der Waals surface area (Å²) in [4.78, 5) is 39.7. The molecule has 8 nitrogen and oxygen atoms in total. The molecule has 0 radical (unpaired) electrons. The van der Waals surface area contributed by atoms with Gasteiger partial charge in [0.25, 0.3) is 11.8 Å². The molecule has 0 spiro atoms. The number of amides is 3. The van der Waals surface area contributed by atoms with Crippen molar-refractivity contribution in [2.24, 2.45) is 0 Å². The molecular formula is C33H31N3O5S. The lowest BCUT2D eigenvalue weighted by molar-refractivity contribution is -0.114. The Balaban J connectivity index is 1.47. The summed E-state index contributed by atoms with van der Waals surface area (Å²) in [6.07, 6.45) is 1.59. The highest BCUT2D eigenvalue weighted by atomic mass is 32.2. The highest BCUT2D eigenvalue weighted by Crippen LogP contribution is 2.24. The fourth-order valence-electron chi connectivity index (χ4n) is 3.87. The van der Waals surface area contributed by atoms with Crippen molar-refractivity contribution in [2.75, 3.05) is 30.1 Å². The van der Waals surface area contributed by atoms with E-state index >= 15 is 0 Å². The van der Waals surface area contributed by atoms with E-state index in [9.17, 15) is 14.4 Å². The van der Waals surface area contributed by atoms with Crippen LogP contribution in [0.3, 0.4) is 0 Å². The lowest BCUT2D eigenvalue weighted by Crippen LogP contribution is -2.30. The van der Waals surface area contributed by atoms with Gasteiger partial charge in [0.05, 0.1) is 19.5 Å². The summed E-state index contributed by atoms with van der Waals surface area (Å²) in [6.45, 7) is 2.32. The fraction of sp³-hybridized carbons (Fsp3) is 0.121. The second-order valence-electron chi connectivity index (χ2n) is 8.90. The molecule has 0 aliphatic heterocycles. The zero-order valence-corrected chi connectivity index (χ0v) is 24.1. The largest absolute Gasteiger partial charge is 0.497 e. The van der Waals surface area contributed by atoms with Crippen molar-refractivity contribution in [2.45, 2.75) is 11.8 Å². The number of carbonyl (C=O) groups excluding carboxylic acids is 3. The lowest BCUT2D eigenvalue weighted by atomic mass is 10.1. The molecule has 0 saturated heterocycles. The van der Waals surface area contributed by atoms with E-state index in [1.54, 1.807) is 92.0 Å². The molecule has 0 unspecified atom stereocenters. The first kappa shape index (κ1) is 30.0. The monoisotopic (exact) mass is 581 g/mol. The minimum Gasteiger partial charge on any atom is -0.497 e. The summed E-state index contributed by atoms with van der Waals surface area (Å²) < 4.78 is 10.8. The van der Waals surface area contributed by atoms with Gasteiger partial charge in [-0.3, -0.25) is 14.4 Å². The molecule has 42 heavy (non-hydrogen) atoms. The van der Waals surface area contributed by atoms with Gasteiger partial charge in [0.15, 0.2) is 0 Å². The third kappa shape index (κ3) is 8.74. The summed E-state index contributed by atoms with van der Waals surface area (Å²) in [7, 11) is 1.58. The van der Waals surface area contributed by atoms with Gasteiger partial charge in [-0.25, -0.2) is 0 Å². The van der Waals surface area contributed by atoms with Gasteiger partial charge in [0.1, 0.15) is 17.2 Å². The van der Waals surface area contributed by atoms with E-state index in [0.29, 0.717) is 40.6 Å². The van der Waals surface area contributed by atoms with Gasteiger partial charge in [-0.15, -0.1) is 11.8 Å². The second kappa shape index (κ2) is 15.1. The summed E-state index contributed by atoms with van der Waals surface area (Å²) in [5.41, 5.74) is 2.29. The van der Waals surface area contributed by atoms with Crippen molar-refractivity contribution in [3.05, 3.63) is 120 Å². The van der Waals surface area contributed by atoms with Crippen molar-refractivity contribution in [3.8, 4) is 11.5 Å². The van der Waals surface area contributed by atoms with Crippen molar-refractivity contribution < 1.29 is 23.9 Å². The predicted molar refractivity (Wildman–Crippen MR) is 167 cm³/mol. The van der Waals surface area contributed by atoms with Crippen LogP contribution in [0.5, 0.6) is 11.5 Å². The quantitative estimate of drug-likeness (QED) is 0.135. The molecule has 214 valence electrons. The first-order chi connectivity index (χ1) is 20.4. The second-order valence-corrected chi connectivity index (χ2v) is 9.95. The van der Waals surface area contributed by atoms with Crippen molar-refractivity contribution in [1.82, 2.24) is 5.32 Å². The number of methoxy groups -OCH3 is 1. The molecule has 0 atom stereocenters. The van der Waals surface area contributed by atoms with Crippen LogP contribution in [0.4, 0.5) is 11.4 Å². The summed E-state index contributed by atoms with van der Waals surface area (Å²) >= 11 is 1.33. The van der Waals surface area contributed by atoms with E-state index in [4.69, 9.17) is 9.47 Å². The number of benzene rings is 4. The van der Waals surface area contributed by atoms with Gasteiger partial charge >= 0.3 is 0 Å². The summed E-state index contributed by atoms with van der Waals surface area (Å²) in [6, 6.07) is 30.2. The molecule has 0 aliphatic rings. The number of para-hydroxylation sites is 1. The molecule has 4 aromatic rings. The molecule has 4 aromatic carbocycles. The standard InChI is InChI=1S/C33H31N3O5S/c1-3-41-30-15-8-7-12-24(30)20-29(36-32(38)23-10-5-4-6-11-23)33(39)35-26-13-9-14-28(21-26)42-22-31(37)34-25-16-18-27(40-2)19-17-25/h4-21H,3,22H2,1-2H3,(H,34,37)(H,35,39)(H,36,38)/b29-20+. The number of thioether (sulfide) groups is 1. The Morgan fingerprint density at radius 3 is 2.29 bits per heavy atom. The van der Waals surface area contributed by atoms with Gasteiger partial charge < -0.3 is 25.4 Å². The van der Waals surface area contributed by atoms with Gasteiger partial charge in [0, 0.05) is 27.4 Å². The first-order valence-electron chi connectivity index (χ1n) is 13.2. The Labute approximate surface area is 249 Å². The van der Waals surface area contributed by atoms with Crippen LogP contribution in [0.15, 0.2) is 114 Å². The molecule has 3 amide bonds. The number of hydrogen-bond donors (Lipinski definition) is 3.